The number of nitrogens with one attached hydrogen (secondary N) is 1. The van der Waals surface area contributed by atoms with E-state index >= 15 is 0 Å². The molecule has 5 nitrogen and oxygen atoms in total. The number of benzene rings is 2. The maximum Gasteiger partial charge on any atom is 0.339 e. The van der Waals surface area contributed by atoms with Crippen LogP contribution in [0.3, 0.4) is 0 Å². The predicted molar refractivity (Wildman–Crippen MR) is 118 cm³/mol. The molecule has 3 aromatic rings. The highest BCUT2D eigenvalue weighted by Gasteiger charge is 2.25. The van der Waals surface area contributed by atoms with Gasteiger partial charge < -0.3 is 15.2 Å². The van der Waals surface area contributed by atoms with Gasteiger partial charge in [0.15, 0.2) is 0 Å². The lowest BCUT2D eigenvalue weighted by Gasteiger charge is -2.12. The third-order valence-electron chi connectivity index (χ3n) is 3.91. The zero-order valence-corrected chi connectivity index (χ0v) is 18.4. The summed E-state index contributed by atoms with van der Waals surface area (Å²) in [7, 11) is 1.38. The molecule has 2 N–H and O–H groups in total. The highest BCUT2D eigenvalue weighted by atomic mass is 35.5. The molecule has 3 rings (SSSR count). The fraction of sp³-hybridized carbons (Fsp3) is 0.0526. The molecule has 0 fully saturated rings. The molecule has 150 valence electrons. The number of methoxy groups -OCH3 is 1. The van der Waals surface area contributed by atoms with Crippen LogP contribution in [0.25, 0.3) is 10.4 Å². The normalized spacial score (nSPS) is 10.7. The lowest BCUT2D eigenvalue weighted by Crippen LogP contribution is -2.15. The third-order valence-corrected chi connectivity index (χ3v) is 6.32. The van der Waals surface area contributed by atoms with E-state index in [2.05, 4.69) is 5.32 Å². The first-order valence-electron chi connectivity index (χ1n) is 7.88. The van der Waals surface area contributed by atoms with Crippen molar-refractivity contribution < 1.29 is 19.4 Å². The van der Waals surface area contributed by atoms with Crippen LogP contribution in [0.4, 0.5) is 5.69 Å². The standard InChI is InChI=1S/C19H11Cl4NO4S/c1-28-12-6-10(21)13(16(23)15(12)22)18(25)24-11-7-29-17(14(11)19(26)27)8-3-2-4-9(20)5-8/h2-7H,1H3,(H,24,25)(H,26,27). The minimum absolute atomic E-state index is 0.0101. The molecule has 0 saturated heterocycles. The van der Waals surface area contributed by atoms with Gasteiger partial charge in [-0.25, -0.2) is 4.79 Å². The van der Waals surface area contributed by atoms with Gasteiger partial charge in [0, 0.05) is 16.5 Å². The van der Waals surface area contributed by atoms with E-state index < -0.39 is 11.9 Å². The molecule has 2 aromatic carbocycles. The van der Waals surface area contributed by atoms with Crippen molar-refractivity contribution in [3.8, 4) is 16.2 Å². The zero-order chi connectivity index (χ0) is 21.3. The number of rotatable bonds is 5. The van der Waals surface area contributed by atoms with Crippen LogP contribution in [0.5, 0.6) is 5.75 Å². The Morgan fingerprint density at radius 2 is 1.79 bits per heavy atom. The Balaban J connectivity index is 2.03. The van der Waals surface area contributed by atoms with E-state index in [1.165, 1.54) is 18.6 Å². The first-order valence-corrected chi connectivity index (χ1v) is 10.3. The van der Waals surface area contributed by atoms with E-state index in [9.17, 15) is 14.7 Å². The first-order chi connectivity index (χ1) is 13.7. The minimum atomic E-state index is -1.21. The van der Waals surface area contributed by atoms with Crippen LogP contribution in [0.2, 0.25) is 20.1 Å². The van der Waals surface area contributed by atoms with E-state index in [1.54, 1.807) is 24.3 Å². The molecule has 0 spiro atoms. The number of carboxylic acids is 1. The first kappa shape index (κ1) is 21.7. The fourth-order valence-electron chi connectivity index (χ4n) is 2.62. The van der Waals surface area contributed by atoms with Crippen molar-refractivity contribution in [2.75, 3.05) is 12.4 Å². The molecule has 10 heteroatoms. The summed E-state index contributed by atoms with van der Waals surface area (Å²) in [5.41, 5.74) is 0.550. The quantitative estimate of drug-likeness (QED) is 0.378. The molecular formula is C19H11Cl4NO4S. The number of hydrogen-bond donors (Lipinski definition) is 2. The molecule has 0 radical (unpaired) electrons. The van der Waals surface area contributed by atoms with Crippen LogP contribution in [0.15, 0.2) is 35.7 Å². The number of carbonyl (C=O) groups is 2. The number of carbonyl (C=O) groups excluding carboxylic acids is 1. The van der Waals surface area contributed by atoms with Gasteiger partial charge in [-0.15, -0.1) is 11.3 Å². The molecule has 1 heterocycles. The van der Waals surface area contributed by atoms with Crippen LogP contribution in [0, 0.1) is 0 Å². The smallest absolute Gasteiger partial charge is 0.339 e. The fourth-order valence-corrected chi connectivity index (χ4v) is 4.63. The van der Waals surface area contributed by atoms with Crippen LogP contribution in [-0.4, -0.2) is 24.1 Å². The predicted octanol–water partition coefficient (Wildman–Crippen LogP) is 6.99. The van der Waals surface area contributed by atoms with Gasteiger partial charge in [-0.1, -0.05) is 58.5 Å². The second-order valence-electron chi connectivity index (χ2n) is 5.69. The molecule has 0 aliphatic heterocycles. The Morgan fingerprint density at radius 1 is 1.07 bits per heavy atom. The molecule has 0 atom stereocenters. The van der Waals surface area contributed by atoms with Crippen molar-refractivity contribution in [2.24, 2.45) is 0 Å². The number of hydrogen-bond acceptors (Lipinski definition) is 4. The van der Waals surface area contributed by atoms with Crippen molar-refractivity contribution in [2.45, 2.75) is 0 Å². The van der Waals surface area contributed by atoms with Gasteiger partial charge in [0.1, 0.15) is 16.3 Å². The van der Waals surface area contributed by atoms with Crippen molar-refractivity contribution >= 4 is 75.3 Å². The number of amides is 1. The maximum absolute atomic E-state index is 12.8. The molecule has 1 amide bonds. The third kappa shape index (κ3) is 4.32. The summed E-state index contributed by atoms with van der Waals surface area (Å²) in [6.07, 6.45) is 0. The summed E-state index contributed by atoms with van der Waals surface area (Å²) in [6.45, 7) is 0. The number of ether oxygens (including phenoxy) is 1. The van der Waals surface area contributed by atoms with E-state index in [0.29, 0.717) is 15.5 Å². The topological polar surface area (TPSA) is 75.6 Å². The SMILES string of the molecule is COc1cc(Cl)c(C(=O)Nc2csc(-c3cccc(Cl)c3)c2C(=O)O)c(Cl)c1Cl. The number of anilines is 1. The minimum Gasteiger partial charge on any atom is -0.495 e. The number of thiophene rings is 1. The second-order valence-corrected chi connectivity index (χ2v) is 8.17. The molecule has 0 bridgehead atoms. The molecule has 0 aliphatic carbocycles. The van der Waals surface area contributed by atoms with Gasteiger partial charge >= 0.3 is 5.97 Å². The lowest BCUT2D eigenvalue weighted by atomic mass is 10.1. The summed E-state index contributed by atoms with van der Waals surface area (Å²) in [6, 6.07) is 8.11. The van der Waals surface area contributed by atoms with E-state index in [4.69, 9.17) is 51.1 Å². The summed E-state index contributed by atoms with van der Waals surface area (Å²) < 4.78 is 5.05. The molecule has 0 unspecified atom stereocenters. The average molecular weight is 491 g/mol. The Hall–Kier alpha value is -1.96. The summed E-state index contributed by atoms with van der Waals surface area (Å²) in [5.74, 6) is -1.70. The van der Waals surface area contributed by atoms with Crippen molar-refractivity contribution in [1.82, 2.24) is 0 Å². The van der Waals surface area contributed by atoms with Crippen LogP contribution < -0.4 is 10.1 Å². The summed E-state index contributed by atoms with van der Waals surface area (Å²) in [5, 5.41) is 14.2. The van der Waals surface area contributed by atoms with Crippen LogP contribution in [0.1, 0.15) is 20.7 Å². The van der Waals surface area contributed by atoms with Gasteiger partial charge in [-0.05, 0) is 17.7 Å². The van der Waals surface area contributed by atoms with Crippen LogP contribution in [-0.2, 0) is 0 Å². The number of halogens is 4. The van der Waals surface area contributed by atoms with E-state index in [1.807, 2.05) is 0 Å². The number of carboxylic acid groups (broad SMARTS) is 1. The summed E-state index contributed by atoms with van der Waals surface area (Å²) in [4.78, 5) is 25.1. The Morgan fingerprint density at radius 3 is 2.41 bits per heavy atom. The molecule has 0 aliphatic rings. The van der Waals surface area contributed by atoms with Crippen molar-refractivity contribution in [3.05, 3.63) is 66.9 Å². The second kappa shape index (κ2) is 8.81. The monoisotopic (exact) mass is 489 g/mol. The Kier molecular flexibility index (Phi) is 6.61. The Bertz CT molecular complexity index is 1130. The highest BCUT2D eigenvalue weighted by Crippen LogP contribution is 2.41. The maximum atomic E-state index is 12.8. The molecular weight excluding hydrogens is 480 g/mol. The van der Waals surface area contributed by atoms with Gasteiger partial charge in [-0.3, -0.25) is 4.79 Å². The van der Waals surface area contributed by atoms with Gasteiger partial charge in [0.2, 0.25) is 0 Å². The summed E-state index contributed by atoms with van der Waals surface area (Å²) >= 11 is 25.6. The number of aromatic carboxylic acids is 1. The van der Waals surface area contributed by atoms with Gasteiger partial charge in [-0.2, -0.15) is 0 Å². The lowest BCUT2D eigenvalue weighted by molar-refractivity contribution is 0.0699. The van der Waals surface area contributed by atoms with Gasteiger partial charge in [0.05, 0.1) is 33.3 Å². The van der Waals surface area contributed by atoms with Crippen molar-refractivity contribution in [1.29, 1.82) is 0 Å². The zero-order valence-electron chi connectivity index (χ0n) is 14.6. The highest BCUT2D eigenvalue weighted by molar-refractivity contribution is 7.14. The largest absolute Gasteiger partial charge is 0.495 e. The van der Waals surface area contributed by atoms with Crippen LogP contribution >= 0.6 is 57.7 Å². The van der Waals surface area contributed by atoms with E-state index in [-0.39, 0.29) is 37.6 Å². The van der Waals surface area contributed by atoms with Gasteiger partial charge in [0.25, 0.3) is 5.91 Å². The average Bonchev–Trinajstić information content (AvgIpc) is 3.08. The van der Waals surface area contributed by atoms with Crippen molar-refractivity contribution in [3.63, 3.8) is 0 Å². The molecule has 29 heavy (non-hydrogen) atoms. The van der Waals surface area contributed by atoms with E-state index in [0.717, 1.165) is 11.3 Å². The Labute approximate surface area is 189 Å². The molecule has 0 saturated carbocycles. The molecule has 1 aromatic heterocycles.